The van der Waals surface area contributed by atoms with E-state index in [1.165, 1.54) is 18.2 Å². The topological polar surface area (TPSA) is 67.4 Å². The van der Waals surface area contributed by atoms with Crippen molar-refractivity contribution in [2.24, 2.45) is 0 Å². The Morgan fingerprint density at radius 1 is 0.926 bits per heavy atom. The molecule has 144 valence electrons. The zero-order chi connectivity index (χ0) is 20.0. The minimum Gasteiger partial charge on any atom is -0.465 e. The summed E-state index contributed by atoms with van der Waals surface area (Å²) in [6.07, 6.45) is 0. The van der Waals surface area contributed by atoms with Gasteiger partial charge >= 0.3 is 5.97 Å². The molecule has 0 atom stereocenters. The van der Waals surface area contributed by atoms with E-state index in [1.807, 2.05) is 0 Å². The molecule has 2 aromatic carbocycles. The van der Waals surface area contributed by atoms with Gasteiger partial charge in [0.25, 0.3) is 0 Å². The molecule has 0 bridgehead atoms. The molecule has 27 heavy (non-hydrogen) atoms. The summed E-state index contributed by atoms with van der Waals surface area (Å²) >= 11 is 0. The highest BCUT2D eigenvalue weighted by atomic mass is 16.5. The average Bonchev–Trinajstić information content (AvgIpc) is 2.65. The van der Waals surface area contributed by atoms with Gasteiger partial charge in [-0.15, -0.1) is 0 Å². The van der Waals surface area contributed by atoms with Gasteiger partial charge in [0.15, 0.2) is 0 Å². The third-order valence-electron chi connectivity index (χ3n) is 4.39. The van der Waals surface area contributed by atoms with Crippen LogP contribution in [0.2, 0.25) is 0 Å². The highest BCUT2D eigenvalue weighted by Crippen LogP contribution is 2.32. The average molecular weight is 368 g/mol. The molecular formula is C22H28N2O3. The van der Waals surface area contributed by atoms with Crippen molar-refractivity contribution in [2.45, 2.75) is 39.5 Å². The van der Waals surface area contributed by atoms with E-state index < -0.39 is 5.97 Å². The zero-order valence-corrected chi connectivity index (χ0v) is 16.6. The first-order chi connectivity index (χ1) is 12.8. The molecule has 0 unspecified atom stereocenters. The summed E-state index contributed by atoms with van der Waals surface area (Å²) in [5.41, 5.74) is 4.53. The number of para-hydroxylation sites is 1. The summed E-state index contributed by atoms with van der Waals surface area (Å²) in [6.45, 7) is 8.75. The molecule has 0 heterocycles. The van der Waals surface area contributed by atoms with E-state index in [0.29, 0.717) is 23.1 Å². The van der Waals surface area contributed by atoms with Crippen LogP contribution in [0.1, 0.15) is 61.0 Å². The number of anilines is 2. The quantitative estimate of drug-likeness (QED) is 0.691. The van der Waals surface area contributed by atoms with Gasteiger partial charge in [-0.25, -0.2) is 4.79 Å². The lowest BCUT2D eigenvalue weighted by Gasteiger charge is -2.20. The molecule has 0 aliphatic carbocycles. The van der Waals surface area contributed by atoms with Crippen LogP contribution in [0, 0.1) is 0 Å². The number of amides is 1. The fourth-order valence-corrected chi connectivity index (χ4v) is 2.94. The van der Waals surface area contributed by atoms with Gasteiger partial charge in [-0.1, -0.05) is 45.9 Å². The molecule has 0 radical (unpaired) electrons. The van der Waals surface area contributed by atoms with Crippen LogP contribution in [-0.4, -0.2) is 25.5 Å². The van der Waals surface area contributed by atoms with E-state index in [0.717, 1.165) is 5.69 Å². The fourth-order valence-electron chi connectivity index (χ4n) is 2.94. The number of ether oxygens (including phenoxy) is 1. The van der Waals surface area contributed by atoms with Gasteiger partial charge in [-0.3, -0.25) is 4.79 Å². The molecule has 5 nitrogen and oxygen atoms in total. The number of hydrogen-bond donors (Lipinski definition) is 2. The van der Waals surface area contributed by atoms with Crippen LogP contribution in [-0.2, 0) is 9.53 Å². The van der Waals surface area contributed by atoms with Gasteiger partial charge in [0.2, 0.25) is 5.91 Å². The maximum atomic E-state index is 12.4. The third kappa shape index (κ3) is 5.33. The van der Waals surface area contributed by atoms with Gasteiger partial charge in [0.05, 0.1) is 19.2 Å². The highest BCUT2D eigenvalue weighted by molar-refractivity contribution is 5.95. The Morgan fingerprint density at radius 2 is 1.48 bits per heavy atom. The predicted molar refractivity (Wildman–Crippen MR) is 110 cm³/mol. The maximum Gasteiger partial charge on any atom is 0.337 e. The summed E-state index contributed by atoms with van der Waals surface area (Å²) in [5.74, 6) is 0.176. The molecule has 0 saturated heterocycles. The lowest BCUT2D eigenvalue weighted by molar-refractivity contribution is -0.114. The van der Waals surface area contributed by atoms with Crippen molar-refractivity contribution in [3.63, 3.8) is 0 Å². The van der Waals surface area contributed by atoms with E-state index in [2.05, 4.69) is 61.3 Å². The highest BCUT2D eigenvalue weighted by Gasteiger charge is 2.14. The molecule has 1 amide bonds. The Morgan fingerprint density at radius 3 is 1.96 bits per heavy atom. The molecule has 0 fully saturated rings. The van der Waals surface area contributed by atoms with E-state index in [-0.39, 0.29) is 12.5 Å². The van der Waals surface area contributed by atoms with Crippen LogP contribution in [0.5, 0.6) is 0 Å². The number of benzene rings is 2. The van der Waals surface area contributed by atoms with Crippen molar-refractivity contribution in [2.75, 3.05) is 24.3 Å². The molecule has 2 aromatic rings. The van der Waals surface area contributed by atoms with Crippen molar-refractivity contribution < 1.29 is 14.3 Å². The summed E-state index contributed by atoms with van der Waals surface area (Å²) in [4.78, 5) is 23.8. The molecule has 5 heteroatoms. The van der Waals surface area contributed by atoms with Gasteiger partial charge in [0.1, 0.15) is 0 Å². The molecule has 0 saturated carbocycles. The van der Waals surface area contributed by atoms with Crippen LogP contribution in [0.15, 0.2) is 42.5 Å². The van der Waals surface area contributed by atoms with Gasteiger partial charge < -0.3 is 15.4 Å². The van der Waals surface area contributed by atoms with Crippen molar-refractivity contribution in [1.29, 1.82) is 0 Å². The van der Waals surface area contributed by atoms with Crippen LogP contribution in [0.3, 0.4) is 0 Å². The summed E-state index contributed by atoms with van der Waals surface area (Å²) in [5, 5.41) is 6.16. The van der Waals surface area contributed by atoms with Crippen molar-refractivity contribution in [3.05, 3.63) is 59.2 Å². The smallest absolute Gasteiger partial charge is 0.337 e. The standard InChI is InChI=1S/C22H28N2O3/c1-14(2)18-7-6-8-19(15(3)4)21(18)23-13-20(25)24-17-11-9-16(10-12-17)22(26)27-5/h6-12,14-15,23H,13H2,1-5H3,(H,24,25). The second kappa shape index (κ2) is 9.21. The number of methoxy groups -OCH3 is 1. The van der Waals surface area contributed by atoms with Crippen LogP contribution < -0.4 is 10.6 Å². The number of carbonyl (C=O) groups is 2. The van der Waals surface area contributed by atoms with E-state index in [9.17, 15) is 9.59 Å². The first-order valence-corrected chi connectivity index (χ1v) is 9.18. The first-order valence-electron chi connectivity index (χ1n) is 9.18. The SMILES string of the molecule is COC(=O)c1ccc(NC(=O)CNc2c(C(C)C)cccc2C(C)C)cc1. The molecule has 0 aliphatic heterocycles. The summed E-state index contributed by atoms with van der Waals surface area (Å²) in [7, 11) is 1.34. The second-order valence-electron chi connectivity index (χ2n) is 7.09. The maximum absolute atomic E-state index is 12.4. The Balaban J connectivity index is 2.06. The van der Waals surface area contributed by atoms with E-state index >= 15 is 0 Å². The van der Waals surface area contributed by atoms with Crippen LogP contribution >= 0.6 is 0 Å². The predicted octanol–water partition coefficient (Wildman–Crippen LogP) is 4.77. The number of rotatable bonds is 7. The van der Waals surface area contributed by atoms with Crippen molar-refractivity contribution in [1.82, 2.24) is 0 Å². The van der Waals surface area contributed by atoms with Crippen molar-refractivity contribution >= 4 is 23.3 Å². The number of hydrogen-bond acceptors (Lipinski definition) is 4. The Labute approximate surface area is 161 Å². The number of nitrogens with one attached hydrogen (secondary N) is 2. The summed E-state index contributed by atoms with van der Waals surface area (Å²) < 4.78 is 4.67. The minimum absolute atomic E-state index is 0.144. The largest absolute Gasteiger partial charge is 0.465 e. The molecule has 0 aromatic heterocycles. The fraction of sp³-hybridized carbons (Fsp3) is 0.364. The monoisotopic (exact) mass is 368 g/mol. The van der Waals surface area contributed by atoms with E-state index in [1.54, 1.807) is 24.3 Å². The number of esters is 1. The Hall–Kier alpha value is -2.82. The van der Waals surface area contributed by atoms with Gasteiger partial charge in [-0.05, 0) is 47.2 Å². The van der Waals surface area contributed by atoms with Gasteiger partial charge in [0, 0.05) is 11.4 Å². The van der Waals surface area contributed by atoms with Crippen LogP contribution in [0.4, 0.5) is 11.4 Å². The van der Waals surface area contributed by atoms with Gasteiger partial charge in [-0.2, -0.15) is 0 Å². The zero-order valence-electron chi connectivity index (χ0n) is 16.6. The summed E-state index contributed by atoms with van der Waals surface area (Å²) in [6, 6.07) is 12.9. The first kappa shape index (κ1) is 20.5. The Bertz CT molecular complexity index is 769. The Kier molecular flexibility index (Phi) is 6.99. The molecule has 0 aliphatic rings. The van der Waals surface area contributed by atoms with Crippen molar-refractivity contribution in [3.8, 4) is 0 Å². The minimum atomic E-state index is -0.402. The lowest BCUT2D eigenvalue weighted by Crippen LogP contribution is -2.23. The number of carbonyl (C=O) groups excluding carboxylic acids is 2. The normalized spacial score (nSPS) is 10.8. The molecule has 2 N–H and O–H groups in total. The van der Waals surface area contributed by atoms with E-state index in [4.69, 9.17) is 0 Å². The van der Waals surface area contributed by atoms with Crippen LogP contribution in [0.25, 0.3) is 0 Å². The molecule has 0 spiro atoms. The lowest BCUT2D eigenvalue weighted by atomic mass is 9.92. The second-order valence-corrected chi connectivity index (χ2v) is 7.09. The molecule has 2 rings (SSSR count). The molecular weight excluding hydrogens is 340 g/mol. The third-order valence-corrected chi connectivity index (χ3v) is 4.39.